The van der Waals surface area contributed by atoms with E-state index in [0.717, 1.165) is 6.07 Å². The Morgan fingerprint density at radius 1 is 0.327 bits per heavy atom. The molecule has 1 nitrogen and oxygen atoms in total. The summed E-state index contributed by atoms with van der Waals surface area (Å²) in [4.78, 5) is 0. The molecule has 49 heavy (non-hydrogen) atoms. The van der Waals surface area contributed by atoms with Gasteiger partial charge in [-0.1, -0.05) is 157 Å². The van der Waals surface area contributed by atoms with Gasteiger partial charge in [0.05, 0.1) is 39.8 Å². The van der Waals surface area contributed by atoms with Crippen LogP contribution in [0.1, 0.15) is 39.8 Å². The second-order valence-corrected chi connectivity index (χ2v) is 10.6. The van der Waals surface area contributed by atoms with Crippen LogP contribution in [0, 0.1) is 0 Å². The van der Waals surface area contributed by atoms with Crippen molar-refractivity contribution in [3.05, 3.63) is 181 Å². The zero-order valence-electron chi connectivity index (χ0n) is 53.5. The van der Waals surface area contributed by atoms with Gasteiger partial charge in [-0.05, 0) is 101 Å². The fourth-order valence-electron chi connectivity index (χ4n) is 5.82. The first-order valence-corrected chi connectivity index (χ1v) is 14.5. The van der Waals surface area contributed by atoms with Gasteiger partial charge in [-0.25, -0.2) is 0 Å². The summed E-state index contributed by atoms with van der Waals surface area (Å²) < 4.78 is 265. The van der Waals surface area contributed by atoms with Gasteiger partial charge in [-0.2, -0.15) is 0 Å². The smallest absolute Gasteiger partial charge is 0.136 e. The molecule has 228 valence electrons. The van der Waals surface area contributed by atoms with Gasteiger partial charge >= 0.3 is 0 Å². The van der Waals surface area contributed by atoms with Crippen molar-refractivity contribution in [2.75, 3.05) is 0 Å². The first-order valence-electron chi connectivity index (χ1n) is 29.0. The van der Waals surface area contributed by atoms with E-state index in [1.54, 1.807) is 0 Å². The van der Waals surface area contributed by atoms with Gasteiger partial charge in [-0.3, -0.25) is 0 Å². The Balaban J connectivity index is 1.39. The number of fused-ring (bicyclic) bond motifs is 7. The molecule has 0 aliphatic carbocycles. The molecule has 1 heterocycles. The molecule has 0 saturated heterocycles. The Hall–Kier alpha value is -6.44. The van der Waals surface area contributed by atoms with Crippen molar-refractivity contribution in [2.45, 2.75) is 0 Å². The van der Waals surface area contributed by atoms with E-state index in [2.05, 4.69) is 0 Å². The van der Waals surface area contributed by atoms with Crippen molar-refractivity contribution in [2.24, 2.45) is 0 Å². The highest BCUT2D eigenvalue weighted by atomic mass is 16.3. The van der Waals surface area contributed by atoms with Crippen molar-refractivity contribution in [1.82, 2.24) is 0 Å². The van der Waals surface area contributed by atoms with Crippen molar-refractivity contribution in [3.63, 3.8) is 0 Å². The van der Waals surface area contributed by atoms with Gasteiger partial charge in [0.2, 0.25) is 0 Å². The zero-order valence-corrected chi connectivity index (χ0v) is 24.5. The van der Waals surface area contributed by atoms with E-state index < -0.39 is 269 Å². The van der Waals surface area contributed by atoms with Crippen LogP contribution in [-0.2, 0) is 0 Å². The monoisotopic (exact) mass is 651 g/mol. The highest BCUT2D eigenvalue weighted by Crippen LogP contribution is 2.45. The van der Waals surface area contributed by atoms with Crippen LogP contribution in [0.5, 0.6) is 0 Å². The Kier molecular flexibility index (Phi) is 2.56. The minimum atomic E-state index is -1.10. The molecule has 0 spiro atoms. The molecule has 10 aromatic rings. The number of benzene rings is 9. The van der Waals surface area contributed by atoms with Crippen LogP contribution in [0.2, 0.25) is 0 Å². The molecule has 0 aliphatic rings. The topological polar surface area (TPSA) is 13.1 Å². The summed E-state index contributed by atoms with van der Waals surface area (Å²) in [7, 11) is 0. The standard InChI is InChI=1S/C48H30O/c1-2-11-31(12-3-1)35-14-10-15-37(29-35)47-41-19-8-6-17-39(41)46(40-18-7-9-20-42(40)47)34-23-21-32(22-24-34)36-26-27-44-43(30-36)48-38-16-5-4-13-33(38)25-28-45(48)49-44/h1-30H/i1D,2D,3D,4D,5D,6D,7D,8D,9D,10D,11D,12D,13D,14D,15D,16D,17D,18D,19D,20D,21D,22D,23D,24D,25D,26D,27D,28D,30D. The van der Waals surface area contributed by atoms with E-state index in [-0.39, 0.29) is 5.39 Å². The van der Waals surface area contributed by atoms with Crippen LogP contribution < -0.4 is 0 Å². The molecule has 0 saturated carbocycles. The van der Waals surface area contributed by atoms with Gasteiger partial charge in [0.25, 0.3) is 0 Å². The maximum absolute atomic E-state index is 9.63. The zero-order chi connectivity index (χ0) is 57.5. The molecular formula is C48H30O. The van der Waals surface area contributed by atoms with Crippen molar-refractivity contribution in [1.29, 1.82) is 0 Å². The average Bonchev–Trinajstić information content (AvgIpc) is 3.53. The summed E-state index contributed by atoms with van der Waals surface area (Å²) in [6.45, 7) is 0. The fourth-order valence-corrected chi connectivity index (χ4v) is 5.82. The van der Waals surface area contributed by atoms with Crippen LogP contribution in [0.3, 0.4) is 0 Å². The molecule has 0 fully saturated rings. The normalized spacial score (nSPS) is 20.0. The predicted octanol–water partition coefficient (Wildman–Crippen LogP) is 13.7. The van der Waals surface area contributed by atoms with Gasteiger partial charge < -0.3 is 4.42 Å². The summed E-state index contributed by atoms with van der Waals surface area (Å²) in [5.74, 6) is 0. The molecule has 1 aromatic heterocycles. The molecular weight excluding hydrogens is 593 g/mol. The summed E-state index contributed by atoms with van der Waals surface area (Å²) in [6.07, 6.45) is 0. The molecule has 0 amide bonds. The van der Waals surface area contributed by atoms with Gasteiger partial charge in [0, 0.05) is 10.8 Å². The van der Waals surface area contributed by atoms with E-state index >= 15 is 0 Å². The number of rotatable bonds is 4. The van der Waals surface area contributed by atoms with E-state index in [1.807, 2.05) is 0 Å². The van der Waals surface area contributed by atoms with E-state index in [9.17, 15) is 13.7 Å². The molecule has 0 atom stereocenters. The minimum absolute atomic E-state index is 0.368. The molecule has 0 aliphatic heterocycles. The first kappa shape index (κ1) is 11.3. The highest BCUT2D eigenvalue weighted by molar-refractivity contribution is 6.22. The largest absolute Gasteiger partial charge is 0.456 e. The summed E-state index contributed by atoms with van der Waals surface area (Å²) in [5, 5.41) is -4.55. The number of hydrogen-bond donors (Lipinski definition) is 0. The van der Waals surface area contributed by atoms with Crippen molar-refractivity contribution >= 4 is 54.3 Å². The van der Waals surface area contributed by atoms with Crippen molar-refractivity contribution in [3.8, 4) is 44.5 Å². The summed E-state index contributed by atoms with van der Waals surface area (Å²) in [6, 6.07) is -25.3. The SMILES string of the molecule is [2H]c1c(-c2c([2H])c([2H])c([2H])c([2H])c2[2H])cc(-c2c3c([2H])c([2H])c([2H])c([2H])c3c(-c3c([2H])c([2H])c(-c4c([2H])c([2H])c5oc6c([2H])c([2H])c7c([2H])c([2H])c([2H])c([2H])c7c6c5c4[2H])c([2H])c3[2H])c3c([2H])c([2H])c([2H])c([2H])c23)c([2H])c1[2H]. The van der Waals surface area contributed by atoms with E-state index in [1.165, 1.54) is 0 Å². The van der Waals surface area contributed by atoms with Crippen LogP contribution >= 0.6 is 0 Å². The second kappa shape index (κ2) is 11.1. The molecule has 0 N–H and O–H groups in total. The lowest BCUT2D eigenvalue weighted by atomic mass is 9.85. The van der Waals surface area contributed by atoms with Crippen LogP contribution in [0.15, 0.2) is 186 Å². The predicted molar refractivity (Wildman–Crippen MR) is 208 cm³/mol. The van der Waals surface area contributed by atoms with Gasteiger partial charge in [0.15, 0.2) is 0 Å². The van der Waals surface area contributed by atoms with E-state index in [0.29, 0.717) is 0 Å². The fraction of sp³-hybridized carbons (Fsp3) is 0. The average molecular weight is 652 g/mol. The molecule has 10 rings (SSSR count). The molecule has 0 unspecified atom stereocenters. The maximum atomic E-state index is 9.63. The lowest BCUT2D eigenvalue weighted by molar-refractivity contribution is 0.669. The Bertz CT molecular complexity index is 4400. The Morgan fingerprint density at radius 2 is 0.837 bits per heavy atom. The molecule has 9 aromatic carbocycles. The molecule has 0 radical (unpaired) electrons. The lowest BCUT2D eigenvalue weighted by Crippen LogP contribution is -1.91. The Morgan fingerprint density at radius 3 is 1.55 bits per heavy atom. The third-order valence-corrected chi connectivity index (χ3v) is 7.92. The summed E-state index contributed by atoms with van der Waals surface area (Å²) in [5.41, 5.74) is -6.77. The van der Waals surface area contributed by atoms with E-state index in [4.69, 9.17) is 30.5 Å². The number of furan rings is 1. The maximum Gasteiger partial charge on any atom is 0.136 e. The molecule has 1 heteroatoms. The van der Waals surface area contributed by atoms with Gasteiger partial charge in [-0.15, -0.1) is 0 Å². The third-order valence-electron chi connectivity index (χ3n) is 7.92. The number of hydrogen-bond acceptors (Lipinski definition) is 1. The quantitative estimate of drug-likeness (QED) is 0.173. The Labute approximate surface area is 325 Å². The van der Waals surface area contributed by atoms with Crippen molar-refractivity contribution < 1.29 is 44.2 Å². The minimum Gasteiger partial charge on any atom is -0.456 e. The third kappa shape index (κ3) is 4.47. The van der Waals surface area contributed by atoms with Crippen LogP contribution in [0.25, 0.3) is 98.8 Å². The van der Waals surface area contributed by atoms with Crippen LogP contribution in [-0.4, -0.2) is 0 Å². The second-order valence-electron chi connectivity index (χ2n) is 10.6. The molecule has 0 bridgehead atoms. The van der Waals surface area contributed by atoms with Crippen LogP contribution in [0.4, 0.5) is 0 Å². The lowest BCUT2D eigenvalue weighted by Gasteiger charge is -2.18. The van der Waals surface area contributed by atoms with Gasteiger partial charge in [0.1, 0.15) is 11.2 Å². The summed E-state index contributed by atoms with van der Waals surface area (Å²) >= 11 is 0. The first-order chi connectivity index (χ1) is 36.4. The highest BCUT2D eigenvalue weighted by Gasteiger charge is 2.17.